The van der Waals surface area contributed by atoms with Gasteiger partial charge in [0.05, 0.1) is 10.9 Å². The molecule has 0 fully saturated rings. The van der Waals surface area contributed by atoms with Gasteiger partial charge in [0.2, 0.25) is 0 Å². The zero-order valence-electron chi connectivity index (χ0n) is 16.5. The van der Waals surface area contributed by atoms with Crippen LogP contribution in [0.15, 0.2) is 35.1 Å². The number of nitrogens with one attached hydrogen (secondary N) is 1. The molecule has 0 aliphatic carbocycles. The van der Waals surface area contributed by atoms with E-state index in [1.807, 2.05) is 38.4 Å². The molecule has 2 heterocycles. The first-order chi connectivity index (χ1) is 12.8. The van der Waals surface area contributed by atoms with Crippen molar-refractivity contribution >= 4 is 33.0 Å². The number of nitrogens with zero attached hydrogens (tertiary/aromatic N) is 4. The number of anilines is 1. The third-order valence-electron chi connectivity index (χ3n) is 5.05. The second-order valence-corrected chi connectivity index (χ2v) is 8.40. The van der Waals surface area contributed by atoms with Crippen molar-refractivity contribution in [2.75, 3.05) is 32.5 Å². The summed E-state index contributed by atoms with van der Waals surface area (Å²) in [5.41, 5.74) is 4.29. The van der Waals surface area contributed by atoms with E-state index in [0.717, 1.165) is 40.9 Å². The molecule has 27 heavy (non-hydrogen) atoms. The SMILES string of the molecule is CN(C)CCNc1ccc2nnn3c4ccc(C(C)(C)C)cc4c(=O)c1c23. The highest BCUT2D eigenvalue weighted by Crippen LogP contribution is 2.30. The molecule has 2 aromatic carbocycles. The number of benzene rings is 2. The minimum absolute atomic E-state index is 0.0310. The van der Waals surface area contributed by atoms with Gasteiger partial charge in [0.1, 0.15) is 11.0 Å². The molecule has 0 saturated heterocycles. The standard InChI is InChI=1S/C21H25N5O/c1-21(2,3)13-6-9-17-14(12-13)20(27)18-15(22-10-11-25(4)5)7-8-16-19(18)26(17)24-23-16/h6-9,12,22H,10-11H2,1-5H3. The highest BCUT2D eigenvalue weighted by atomic mass is 16.1. The van der Waals surface area contributed by atoms with Crippen molar-refractivity contribution in [2.24, 2.45) is 0 Å². The van der Waals surface area contributed by atoms with E-state index in [2.05, 4.69) is 47.4 Å². The van der Waals surface area contributed by atoms with E-state index < -0.39 is 0 Å². The molecular formula is C21H25N5O. The largest absolute Gasteiger partial charge is 0.383 e. The van der Waals surface area contributed by atoms with Gasteiger partial charge in [-0.05, 0) is 49.3 Å². The molecule has 4 rings (SSSR count). The number of fused-ring (bicyclic) bond motifs is 2. The van der Waals surface area contributed by atoms with Gasteiger partial charge in [-0.2, -0.15) is 0 Å². The van der Waals surface area contributed by atoms with Crippen molar-refractivity contribution in [3.63, 3.8) is 0 Å². The van der Waals surface area contributed by atoms with E-state index in [-0.39, 0.29) is 10.8 Å². The Bertz CT molecular complexity index is 1190. The van der Waals surface area contributed by atoms with E-state index in [0.29, 0.717) is 10.8 Å². The Balaban J connectivity index is 2.01. The van der Waals surface area contributed by atoms with E-state index in [1.165, 1.54) is 0 Å². The number of pyridine rings is 1. The second-order valence-electron chi connectivity index (χ2n) is 8.40. The quantitative estimate of drug-likeness (QED) is 0.565. The van der Waals surface area contributed by atoms with Crippen LogP contribution in [-0.2, 0) is 5.41 Å². The zero-order chi connectivity index (χ0) is 19.3. The highest BCUT2D eigenvalue weighted by molar-refractivity contribution is 6.06. The number of hydrogen-bond donors (Lipinski definition) is 1. The van der Waals surface area contributed by atoms with E-state index in [1.54, 1.807) is 4.52 Å². The molecule has 2 aromatic heterocycles. The smallest absolute Gasteiger partial charge is 0.199 e. The summed E-state index contributed by atoms with van der Waals surface area (Å²) in [4.78, 5) is 15.6. The summed E-state index contributed by atoms with van der Waals surface area (Å²) < 4.78 is 1.80. The van der Waals surface area contributed by atoms with Crippen LogP contribution in [0.25, 0.3) is 27.3 Å². The molecule has 6 nitrogen and oxygen atoms in total. The fourth-order valence-electron chi connectivity index (χ4n) is 3.48. The lowest BCUT2D eigenvalue weighted by atomic mass is 9.86. The Morgan fingerprint density at radius 2 is 1.93 bits per heavy atom. The molecule has 0 bridgehead atoms. The van der Waals surface area contributed by atoms with Crippen LogP contribution in [0, 0.1) is 0 Å². The van der Waals surface area contributed by atoms with Gasteiger partial charge in [0, 0.05) is 24.2 Å². The molecule has 0 radical (unpaired) electrons. The first-order valence-electron chi connectivity index (χ1n) is 9.24. The summed E-state index contributed by atoms with van der Waals surface area (Å²) in [6, 6.07) is 9.91. The summed E-state index contributed by atoms with van der Waals surface area (Å²) in [6.45, 7) is 8.09. The maximum absolute atomic E-state index is 13.5. The van der Waals surface area contributed by atoms with Gasteiger partial charge in [-0.15, -0.1) is 5.10 Å². The zero-order valence-corrected chi connectivity index (χ0v) is 16.5. The molecule has 0 aliphatic heterocycles. The monoisotopic (exact) mass is 363 g/mol. The molecular weight excluding hydrogens is 338 g/mol. The lowest BCUT2D eigenvalue weighted by molar-refractivity contribution is 0.425. The van der Waals surface area contributed by atoms with Gasteiger partial charge in [-0.1, -0.05) is 32.1 Å². The summed E-state index contributed by atoms with van der Waals surface area (Å²) >= 11 is 0. The molecule has 0 saturated carbocycles. The van der Waals surface area contributed by atoms with Crippen molar-refractivity contribution < 1.29 is 0 Å². The molecule has 0 aliphatic rings. The van der Waals surface area contributed by atoms with Crippen molar-refractivity contribution in [1.29, 1.82) is 0 Å². The van der Waals surface area contributed by atoms with Gasteiger partial charge in [0.25, 0.3) is 0 Å². The summed E-state index contributed by atoms with van der Waals surface area (Å²) in [5.74, 6) is 0. The Morgan fingerprint density at radius 3 is 2.63 bits per heavy atom. The van der Waals surface area contributed by atoms with Crippen molar-refractivity contribution in [3.05, 3.63) is 46.1 Å². The first kappa shape index (κ1) is 17.7. The van der Waals surface area contributed by atoms with Crippen LogP contribution < -0.4 is 10.7 Å². The average Bonchev–Trinajstić information content (AvgIpc) is 3.03. The van der Waals surface area contributed by atoms with Gasteiger partial charge in [0.15, 0.2) is 5.43 Å². The van der Waals surface area contributed by atoms with Gasteiger partial charge >= 0.3 is 0 Å². The lowest BCUT2D eigenvalue weighted by Gasteiger charge is -2.19. The van der Waals surface area contributed by atoms with E-state index in [9.17, 15) is 4.79 Å². The summed E-state index contributed by atoms with van der Waals surface area (Å²) in [7, 11) is 4.06. The van der Waals surface area contributed by atoms with Crippen molar-refractivity contribution in [1.82, 2.24) is 19.7 Å². The van der Waals surface area contributed by atoms with Crippen LogP contribution in [0.2, 0.25) is 0 Å². The fraction of sp³-hybridized carbons (Fsp3) is 0.381. The van der Waals surface area contributed by atoms with Gasteiger partial charge in [-0.25, -0.2) is 4.52 Å². The first-order valence-corrected chi connectivity index (χ1v) is 9.24. The maximum atomic E-state index is 13.5. The topological polar surface area (TPSA) is 62.5 Å². The Kier molecular flexibility index (Phi) is 4.03. The van der Waals surface area contributed by atoms with Crippen molar-refractivity contribution in [2.45, 2.75) is 26.2 Å². The van der Waals surface area contributed by atoms with E-state index in [4.69, 9.17) is 0 Å². The van der Waals surface area contributed by atoms with Gasteiger partial charge in [-0.3, -0.25) is 4.79 Å². The Labute approximate surface area is 158 Å². The van der Waals surface area contributed by atoms with Crippen LogP contribution in [0.5, 0.6) is 0 Å². The fourth-order valence-corrected chi connectivity index (χ4v) is 3.48. The number of aromatic nitrogens is 3. The minimum Gasteiger partial charge on any atom is -0.383 e. The second kappa shape index (κ2) is 6.16. The summed E-state index contributed by atoms with van der Waals surface area (Å²) in [5, 5.41) is 13.3. The highest BCUT2D eigenvalue weighted by Gasteiger charge is 2.20. The molecule has 0 amide bonds. The average molecular weight is 363 g/mol. The third-order valence-corrected chi connectivity index (χ3v) is 5.05. The van der Waals surface area contributed by atoms with Crippen LogP contribution in [0.3, 0.4) is 0 Å². The maximum Gasteiger partial charge on any atom is 0.199 e. The number of hydrogen-bond acceptors (Lipinski definition) is 5. The molecule has 0 spiro atoms. The Morgan fingerprint density at radius 1 is 1.15 bits per heavy atom. The van der Waals surface area contributed by atoms with Gasteiger partial charge < -0.3 is 10.2 Å². The van der Waals surface area contributed by atoms with Crippen LogP contribution in [0.4, 0.5) is 5.69 Å². The van der Waals surface area contributed by atoms with E-state index >= 15 is 0 Å². The number of likely N-dealkylation sites (N-methyl/N-ethyl adjacent to an activating group) is 1. The predicted octanol–water partition coefficient (Wildman–Crippen LogP) is 3.10. The predicted molar refractivity (Wildman–Crippen MR) is 111 cm³/mol. The van der Waals surface area contributed by atoms with Crippen LogP contribution in [0.1, 0.15) is 26.3 Å². The van der Waals surface area contributed by atoms with Crippen molar-refractivity contribution in [3.8, 4) is 0 Å². The molecule has 0 atom stereocenters. The molecule has 1 N–H and O–H groups in total. The van der Waals surface area contributed by atoms with Crippen LogP contribution in [-0.4, -0.2) is 46.9 Å². The molecule has 140 valence electrons. The lowest BCUT2D eigenvalue weighted by Crippen LogP contribution is -2.21. The summed E-state index contributed by atoms with van der Waals surface area (Å²) in [6.07, 6.45) is 0. The Hall–Kier alpha value is -2.73. The molecule has 0 unspecified atom stereocenters. The minimum atomic E-state index is -0.0310. The molecule has 4 aromatic rings. The van der Waals surface area contributed by atoms with Crippen LogP contribution >= 0.6 is 0 Å². The number of rotatable bonds is 4. The normalized spacial score (nSPS) is 12.7. The third kappa shape index (κ3) is 2.90. The molecule has 6 heteroatoms.